The first-order valence-electron chi connectivity index (χ1n) is 3.28. The Hall–Kier alpha value is 0.160. The molecule has 1 heterocycles. The van der Waals surface area contributed by atoms with Gasteiger partial charge < -0.3 is 0 Å². The highest BCUT2D eigenvalue weighted by Gasteiger charge is 2.46. The number of halogens is 3. The van der Waals surface area contributed by atoms with Crippen molar-refractivity contribution in [2.75, 3.05) is 12.0 Å². The molecule has 0 saturated carbocycles. The van der Waals surface area contributed by atoms with Crippen LogP contribution in [0.5, 0.6) is 0 Å². The van der Waals surface area contributed by atoms with Crippen molar-refractivity contribution in [3.05, 3.63) is 0 Å². The fourth-order valence-electron chi connectivity index (χ4n) is 0.944. The summed E-state index contributed by atoms with van der Waals surface area (Å²) in [6.07, 6.45) is -2.34. The van der Waals surface area contributed by atoms with Crippen LogP contribution in [0.4, 0.5) is 13.2 Å². The maximum absolute atomic E-state index is 12.2. The van der Waals surface area contributed by atoms with Crippen molar-refractivity contribution in [2.24, 2.45) is 4.99 Å². The Balaban J connectivity index is 2.56. The molecule has 0 aliphatic carbocycles. The van der Waals surface area contributed by atoms with E-state index >= 15 is 0 Å². The molecule has 1 rings (SSSR count). The monoisotopic (exact) mass is 215 g/mol. The van der Waals surface area contributed by atoms with Crippen molar-refractivity contribution in [1.29, 1.82) is 0 Å². The Morgan fingerprint density at radius 3 is 2.75 bits per heavy atom. The van der Waals surface area contributed by atoms with Crippen molar-refractivity contribution in [1.82, 2.24) is 0 Å². The Morgan fingerprint density at radius 2 is 2.25 bits per heavy atom. The summed E-state index contributed by atoms with van der Waals surface area (Å²) in [5.74, 6) is 0.438. The highest BCUT2D eigenvalue weighted by Crippen LogP contribution is 2.37. The van der Waals surface area contributed by atoms with E-state index in [-0.39, 0.29) is 0 Å². The molecule has 2 atom stereocenters. The smallest absolute Gasteiger partial charge is 0.281 e. The molecule has 0 aromatic carbocycles. The number of rotatable bonds is 2. The number of aliphatic imine (C=N–C) groups is 1. The lowest BCUT2D eigenvalue weighted by molar-refractivity contribution is -0.130. The van der Waals surface area contributed by atoms with E-state index in [0.717, 1.165) is 11.8 Å². The van der Waals surface area contributed by atoms with Gasteiger partial charge in [-0.05, 0) is 6.26 Å². The first kappa shape index (κ1) is 10.2. The van der Waals surface area contributed by atoms with Crippen LogP contribution in [0.1, 0.15) is 0 Å². The molecule has 0 aromatic rings. The zero-order valence-electron chi connectivity index (χ0n) is 6.34. The van der Waals surface area contributed by atoms with Gasteiger partial charge in [-0.2, -0.15) is 24.9 Å². The minimum atomic E-state index is -4.12. The van der Waals surface area contributed by atoms with Crippen LogP contribution in [0.3, 0.4) is 0 Å². The van der Waals surface area contributed by atoms with Gasteiger partial charge >= 0.3 is 6.18 Å². The molecular formula is C6H8F3NS2. The Morgan fingerprint density at radius 1 is 1.58 bits per heavy atom. The van der Waals surface area contributed by atoms with Gasteiger partial charge in [-0.1, -0.05) is 11.8 Å². The fourth-order valence-corrected chi connectivity index (χ4v) is 2.55. The highest BCUT2D eigenvalue weighted by atomic mass is 32.2. The molecule has 0 bridgehead atoms. The van der Waals surface area contributed by atoms with Crippen LogP contribution in [-0.2, 0) is 0 Å². The Bertz CT molecular complexity index is 180. The Kier molecular flexibility index (Phi) is 3.34. The van der Waals surface area contributed by atoms with Gasteiger partial charge in [0.1, 0.15) is 5.25 Å². The van der Waals surface area contributed by atoms with Gasteiger partial charge in [0.25, 0.3) is 0 Å². The molecule has 1 aliphatic heterocycles. The summed E-state index contributed by atoms with van der Waals surface area (Å²) in [6, 6.07) is -0.593. The topological polar surface area (TPSA) is 12.4 Å². The minimum absolute atomic E-state index is 0.438. The van der Waals surface area contributed by atoms with Crippen LogP contribution in [0.2, 0.25) is 0 Å². The van der Waals surface area contributed by atoms with E-state index in [1.165, 1.54) is 17.3 Å². The summed E-state index contributed by atoms with van der Waals surface area (Å²) < 4.78 is 36.7. The van der Waals surface area contributed by atoms with Crippen LogP contribution >= 0.6 is 23.5 Å². The predicted octanol–water partition coefficient (Wildman–Crippen LogP) is 2.42. The average Bonchev–Trinajstić information content (AvgIpc) is 2.34. The van der Waals surface area contributed by atoms with E-state index in [4.69, 9.17) is 0 Å². The molecule has 0 amide bonds. The minimum Gasteiger partial charge on any atom is -0.281 e. The van der Waals surface area contributed by atoms with Crippen LogP contribution in [0.25, 0.3) is 0 Å². The molecule has 0 aromatic heterocycles. The zero-order chi connectivity index (χ0) is 9.19. The molecular weight excluding hydrogens is 207 g/mol. The summed E-state index contributed by atoms with van der Waals surface area (Å²) in [6.45, 7) is 0. The second-order valence-electron chi connectivity index (χ2n) is 2.38. The molecule has 70 valence electrons. The van der Waals surface area contributed by atoms with E-state index in [9.17, 15) is 13.2 Å². The fraction of sp³-hybridized carbons (Fsp3) is 0.833. The quantitative estimate of drug-likeness (QED) is 0.701. The number of hydrogen-bond acceptors (Lipinski definition) is 3. The van der Waals surface area contributed by atoms with Gasteiger partial charge in [0.2, 0.25) is 0 Å². The van der Waals surface area contributed by atoms with E-state index in [1.807, 2.05) is 0 Å². The first-order valence-corrected chi connectivity index (χ1v) is 5.62. The molecule has 0 N–H and O–H groups in total. The summed E-state index contributed by atoms with van der Waals surface area (Å²) in [4.78, 5) is 3.77. The third-order valence-electron chi connectivity index (χ3n) is 1.47. The van der Waals surface area contributed by atoms with Gasteiger partial charge in [-0.3, -0.25) is 4.99 Å². The van der Waals surface area contributed by atoms with Gasteiger partial charge in [0.15, 0.2) is 0 Å². The van der Waals surface area contributed by atoms with Crippen LogP contribution in [-0.4, -0.2) is 35.0 Å². The van der Waals surface area contributed by atoms with E-state index in [1.54, 1.807) is 6.26 Å². The summed E-state index contributed by atoms with van der Waals surface area (Å²) in [5.41, 5.74) is 1.30. The third kappa shape index (κ3) is 2.32. The third-order valence-corrected chi connectivity index (χ3v) is 3.26. The molecule has 0 saturated heterocycles. The predicted molar refractivity (Wildman–Crippen MR) is 48.1 cm³/mol. The highest BCUT2D eigenvalue weighted by molar-refractivity contribution is 8.13. The first-order chi connectivity index (χ1) is 5.55. The molecule has 0 fully saturated rings. The van der Waals surface area contributed by atoms with Crippen LogP contribution in [0.15, 0.2) is 4.99 Å². The molecule has 1 aliphatic rings. The number of thioether (sulfide) groups is 2. The number of alkyl halides is 3. The second kappa shape index (κ2) is 3.91. The summed E-state index contributed by atoms with van der Waals surface area (Å²) in [5, 5.41) is -1.33. The lowest BCUT2D eigenvalue weighted by atomic mass is 10.2. The number of nitrogens with zero attached hydrogens (tertiary/aromatic N) is 1. The van der Waals surface area contributed by atoms with Crippen molar-refractivity contribution >= 4 is 29.1 Å². The Labute approximate surface area is 77.2 Å². The van der Waals surface area contributed by atoms with Crippen LogP contribution in [0, 0.1) is 0 Å². The van der Waals surface area contributed by atoms with E-state index in [2.05, 4.69) is 4.99 Å². The normalized spacial score (nSPS) is 29.7. The molecule has 0 spiro atoms. The van der Waals surface area contributed by atoms with Gasteiger partial charge in [0, 0.05) is 5.75 Å². The SMILES string of the molecule is CSC[C@@H]1N=CSC1C(F)(F)F. The number of hydrogen-bond donors (Lipinski definition) is 0. The second-order valence-corrected chi connectivity index (χ2v) is 4.28. The lowest BCUT2D eigenvalue weighted by Crippen LogP contribution is -2.34. The molecule has 1 unspecified atom stereocenters. The van der Waals surface area contributed by atoms with E-state index in [0.29, 0.717) is 5.75 Å². The molecule has 6 heteroatoms. The largest absolute Gasteiger partial charge is 0.403 e. The van der Waals surface area contributed by atoms with Crippen LogP contribution < -0.4 is 0 Å². The summed E-state index contributed by atoms with van der Waals surface area (Å²) in [7, 11) is 0. The maximum atomic E-state index is 12.2. The van der Waals surface area contributed by atoms with Crippen molar-refractivity contribution in [3.63, 3.8) is 0 Å². The van der Waals surface area contributed by atoms with Crippen molar-refractivity contribution in [2.45, 2.75) is 17.5 Å². The molecule has 0 radical (unpaired) electrons. The maximum Gasteiger partial charge on any atom is 0.403 e. The van der Waals surface area contributed by atoms with Gasteiger partial charge in [-0.15, -0.1) is 0 Å². The van der Waals surface area contributed by atoms with Crippen molar-refractivity contribution in [3.8, 4) is 0 Å². The lowest BCUT2D eigenvalue weighted by Gasteiger charge is -2.18. The summed E-state index contributed by atoms with van der Waals surface area (Å²) >= 11 is 2.16. The molecule has 12 heavy (non-hydrogen) atoms. The van der Waals surface area contributed by atoms with E-state index < -0.39 is 17.5 Å². The molecule has 1 nitrogen and oxygen atoms in total. The standard InChI is InChI=1S/C6H8F3NS2/c1-11-2-4-5(6(7,8)9)12-3-10-4/h3-5H,2H2,1H3/t4-,5?/m0/s1. The average molecular weight is 215 g/mol. The zero-order valence-corrected chi connectivity index (χ0v) is 7.97. The van der Waals surface area contributed by atoms with Gasteiger partial charge in [-0.25, -0.2) is 0 Å². The van der Waals surface area contributed by atoms with Crippen molar-refractivity contribution < 1.29 is 13.2 Å². The van der Waals surface area contributed by atoms with Gasteiger partial charge in [0.05, 0.1) is 11.6 Å².